The number of rotatable bonds is 5. The zero-order valence-electron chi connectivity index (χ0n) is 15.1. The van der Waals surface area contributed by atoms with E-state index in [4.69, 9.17) is 15.2 Å². The molecule has 0 aliphatic heterocycles. The molecule has 0 unspecified atom stereocenters. The Bertz CT molecular complexity index is 1090. The summed E-state index contributed by atoms with van der Waals surface area (Å²) in [5.41, 5.74) is 9.73. The van der Waals surface area contributed by atoms with Crippen LogP contribution in [0.3, 0.4) is 0 Å². The number of fused-ring (bicyclic) bond motifs is 1. The minimum Gasteiger partial charge on any atom is -0.497 e. The van der Waals surface area contributed by atoms with Gasteiger partial charge in [-0.25, -0.2) is 13.4 Å². The highest BCUT2D eigenvalue weighted by molar-refractivity contribution is 7.90. The van der Waals surface area contributed by atoms with Gasteiger partial charge in [0.05, 0.1) is 31.0 Å². The number of anilines is 1. The molecule has 138 valence electrons. The van der Waals surface area contributed by atoms with E-state index in [1.807, 2.05) is 6.92 Å². The highest BCUT2D eigenvalue weighted by Gasteiger charge is 2.24. The van der Waals surface area contributed by atoms with Gasteiger partial charge in [0, 0.05) is 11.8 Å². The number of hydrogen-bond acceptors (Lipinski definition) is 6. The molecule has 3 N–H and O–H groups in total. The minimum absolute atomic E-state index is 0.0981. The van der Waals surface area contributed by atoms with E-state index in [-0.39, 0.29) is 10.9 Å². The number of nitrogens with two attached hydrogens (primary N) is 1. The molecule has 0 saturated heterocycles. The number of nitrogens with one attached hydrogen (secondary N) is 1. The van der Waals surface area contributed by atoms with Crippen molar-refractivity contribution in [2.24, 2.45) is 0 Å². The van der Waals surface area contributed by atoms with Crippen LogP contribution in [0.2, 0.25) is 0 Å². The third-order valence-corrected chi connectivity index (χ3v) is 5.82. The lowest BCUT2D eigenvalue weighted by atomic mass is 10.0. The lowest BCUT2D eigenvalue weighted by molar-refractivity contribution is 0.408. The van der Waals surface area contributed by atoms with Gasteiger partial charge in [-0.1, -0.05) is 0 Å². The van der Waals surface area contributed by atoms with Crippen LogP contribution in [0, 0.1) is 13.8 Å². The van der Waals surface area contributed by atoms with E-state index >= 15 is 0 Å². The first kappa shape index (κ1) is 18.1. The number of ether oxygens (including phenoxy) is 2. The van der Waals surface area contributed by atoms with Crippen molar-refractivity contribution >= 4 is 26.6 Å². The van der Waals surface area contributed by atoms with Crippen LogP contribution in [0.25, 0.3) is 11.0 Å². The van der Waals surface area contributed by atoms with E-state index in [0.29, 0.717) is 39.3 Å². The average Bonchev–Trinajstić information content (AvgIpc) is 3.03. The minimum atomic E-state index is -3.72. The first-order chi connectivity index (χ1) is 12.3. The van der Waals surface area contributed by atoms with Crippen LogP contribution >= 0.6 is 0 Å². The zero-order chi connectivity index (χ0) is 19.1. The normalized spacial score (nSPS) is 11.7. The first-order valence-electron chi connectivity index (χ1n) is 7.96. The van der Waals surface area contributed by atoms with Gasteiger partial charge in [-0.15, -0.1) is 0 Å². The maximum absolute atomic E-state index is 12.9. The fourth-order valence-corrected chi connectivity index (χ4v) is 4.44. The van der Waals surface area contributed by atoms with E-state index in [1.54, 1.807) is 45.4 Å². The van der Waals surface area contributed by atoms with E-state index < -0.39 is 9.84 Å². The molecule has 7 nitrogen and oxygen atoms in total. The molecule has 3 rings (SSSR count). The first-order valence-corrected chi connectivity index (χ1v) is 9.61. The number of H-pyrrole nitrogens is 1. The number of methoxy groups -OCH3 is 2. The summed E-state index contributed by atoms with van der Waals surface area (Å²) in [6.45, 7) is 3.67. The number of benzene rings is 2. The van der Waals surface area contributed by atoms with Crippen molar-refractivity contribution in [1.82, 2.24) is 9.97 Å². The largest absolute Gasteiger partial charge is 0.497 e. The Kier molecular flexibility index (Phi) is 4.53. The third kappa shape index (κ3) is 3.08. The fourth-order valence-electron chi connectivity index (χ4n) is 3.04. The summed E-state index contributed by atoms with van der Waals surface area (Å²) in [5.74, 6) is 0.991. The standard InChI is InChI=1S/C18H21N3O4S/c1-10-7-14(19)13(11(2)17(10)25-4)9-26(22,23)18-20-15-6-5-12(24-3)8-16(15)21-18/h5-8H,9,19H2,1-4H3,(H,20,21). The number of aromatic nitrogens is 2. The summed E-state index contributed by atoms with van der Waals surface area (Å²) in [5, 5.41) is -0.0981. The lowest BCUT2D eigenvalue weighted by Gasteiger charge is -2.15. The summed E-state index contributed by atoms with van der Waals surface area (Å²) < 4.78 is 36.3. The van der Waals surface area contributed by atoms with E-state index in [1.165, 1.54) is 0 Å². The highest BCUT2D eigenvalue weighted by Crippen LogP contribution is 2.33. The van der Waals surface area contributed by atoms with Gasteiger partial charge in [-0.05, 0) is 48.7 Å². The van der Waals surface area contributed by atoms with Gasteiger partial charge in [-0.3, -0.25) is 0 Å². The molecule has 0 amide bonds. The van der Waals surface area contributed by atoms with Gasteiger partial charge < -0.3 is 20.2 Å². The smallest absolute Gasteiger partial charge is 0.226 e. The van der Waals surface area contributed by atoms with Crippen LogP contribution in [0.5, 0.6) is 11.5 Å². The Morgan fingerprint density at radius 1 is 1.15 bits per heavy atom. The summed E-state index contributed by atoms with van der Waals surface area (Å²) in [4.78, 5) is 7.06. The summed E-state index contributed by atoms with van der Waals surface area (Å²) in [6, 6.07) is 6.86. The predicted molar refractivity (Wildman–Crippen MR) is 100 cm³/mol. The van der Waals surface area contributed by atoms with Crippen molar-refractivity contribution in [1.29, 1.82) is 0 Å². The van der Waals surface area contributed by atoms with Crippen LogP contribution in [0.1, 0.15) is 16.7 Å². The number of hydrogen-bond donors (Lipinski definition) is 2. The van der Waals surface area contributed by atoms with Gasteiger partial charge in [0.15, 0.2) is 0 Å². The summed E-state index contributed by atoms with van der Waals surface area (Å²) >= 11 is 0. The zero-order valence-corrected chi connectivity index (χ0v) is 15.9. The molecule has 1 heterocycles. The number of nitrogen functional groups attached to an aromatic ring is 1. The van der Waals surface area contributed by atoms with Crippen molar-refractivity contribution < 1.29 is 17.9 Å². The molecule has 2 aromatic carbocycles. The van der Waals surface area contributed by atoms with Gasteiger partial charge in [0.2, 0.25) is 15.0 Å². The maximum atomic E-state index is 12.9. The molecule has 0 saturated carbocycles. The quantitative estimate of drug-likeness (QED) is 0.664. The predicted octanol–water partition coefficient (Wildman–Crippen LogP) is 2.75. The van der Waals surface area contributed by atoms with Gasteiger partial charge in [0.1, 0.15) is 11.5 Å². The Morgan fingerprint density at radius 3 is 2.54 bits per heavy atom. The number of aryl methyl sites for hydroxylation is 1. The van der Waals surface area contributed by atoms with Crippen molar-refractivity contribution in [3.63, 3.8) is 0 Å². The van der Waals surface area contributed by atoms with Crippen molar-refractivity contribution in [2.75, 3.05) is 20.0 Å². The SMILES string of the molecule is COc1ccc2nc(S(=O)(=O)Cc3c(N)cc(C)c(OC)c3C)[nH]c2c1. The lowest BCUT2D eigenvalue weighted by Crippen LogP contribution is -2.11. The molecular formula is C18H21N3O4S. The number of sulfone groups is 1. The summed E-state index contributed by atoms with van der Waals surface area (Å²) in [7, 11) is -0.621. The fraction of sp³-hybridized carbons (Fsp3) is 0.278. The number of aromatic amines is 1. The Hall–Kier alpha value is -2.74. The van der Waals surface area contributed by atoms with Crippen molar-refractivity contribution in [3.05, 3.63) is 41.0 Å². The second-order valence-electron chi connectivity index (χ2n) is 6.10. The van der Waals surface area contributed by atoms with Crippen LogP contribution in [0.15, 0.2) is 29.4 Å². The van der Waals surface area contributed by atoms with Crippen LogP contribution in [-0.2, 0) is 15.6 Å². The maximum Gasteiger partial charge on any atom is 0.226 e. The molecule has 0 aliphatic rings. The van der Waals surface area contributed by atoms with Gasteiger partial charge in [-0.2, -0.15) is 0 Å². The topological polar surface area (TPSA) is 107 Å². The van der Waals surface area contributed by atoms with Crippen molar-refractivity contribution in [3.8, 4) is 11.5 Å². The highest BCUT2D eigenvalue weighted by atomic mass is 32.2. The molecule has 3 aromatic rings. The molecular weight excluding hydrogens is 354 g/mol. The molecule has 0 radical (unpaired) electrons. The second-order valence-corrected chi connectivity index (χ2v) is 8.01. The van der Waals surface area contributed by atoms with Crippen LogP contribution < -0.4 is 15.2 Å². The van der Waals surface area contributed by atoms with Crippen LogP contribution in [0.4, 0.5) is 5.69 Å². The Morgan fingerprint density at radius 2 is 1.88 bits per heavy atom. The second kappa shape index (κ2) is 6.53. The van der Waals surface area contributed by atoms with E-state index in [9.17, 15) is 8.42 Å². The van der Waals surface area contributed by atoms with Crippen molar-refractivity contribution in [2.45, 2.75) is 24.8 Å². The van der Waals surface area contributed by atoms with Crippen LogP contribution in [-0.4, -0.2) is 32.6 Å². The van der Waals surface area contributed by atoms with Gasteiger partial charge >= 0.3 is 0 Å². The molecule has 8 heteroatoms. The van der Waals surface area contributed by atoms with E-state index in [0.717, 1.165) is 5.56 Å². The molecule has 0 atom stereocenters. The van der Waals surface area contributed by atoms with E-state index in [2.05, 4.69) is 9.97 Å². The third-order valence-electron chi connectivity index (χ3n) is 4.37. The number of imidazole rings is 1. The average molecular weight is 375 g/mol. The molecule has 0 aliphatic carbocycles. The molecule has 0 fully saturated rings. The molecule has 0 spiro atoms. The Balaban J connectivity index is 2.05. The Labute approximate surface area is 152 Å². The number of nitrogens with zero attached hydrogens (tertiary/aromatic N) is 1. The summed E-state index contributed by atoms with van der Waals surface area (Å²) in [6.07, 6.45) is 0. The molecule has 26 heavy (non-hydrogen) atoms. The monoisotopic (exact) mass is 375 g/mol. The molecule has 1 aromatic heterocycles. The molecule has 0 bridgehead atoms. The van der Waals surface area contributed by atoms with Gasteiger partial charge in [0.25, 0.3) is 0 Å².